The van der Waals surface area contributed by atoms with Crippen LogP contribution >= 0.6 is 35.3 Å². The lowest BCUT2D eigenvalue weighted by Gasteiger charge is -2.16. The number of nitrogens with zero attached hydrogens (tertiary/aromatic N) is 3. The third kappa shape index (κ3) is 190. The smallest absolute Gasteiger partial charge is 0.409 e. The van der Waals surface area contributed by atoms with Crippen LogP contribution in [0.2, 0.25) is 0 Å². The second-order valence-electron chi connectivity index (χ2n) is 15.5. The van der Waals surface area contributed by atoms with Gasteiger partial charge in [0.15, 0.2) is 0 Å². The number of carbonyl (C=O) groups excluding carboxylic acids is 5. The number of esters is 1. The van der Waals surface area contributed by atoms with Gasteiger partial charge >= 0.3 is 24.1 Å². The highest BCUT2D eigenvalue weighted by Gasteiger charge is 2.15. The standard InChI is InChI=1S/C6H13NO.C6H12O.C4H7NO2.C4H9N.C4H8O2.C4H8.C4H10.C3H7NO2.C3H6O2S.C3H8O.C3H6O.C3H8S.2C2H6O.C2H6S/c1-4-7(5-2)6(3)8;1-6-2-4-7-5-3-6;1-5-2-3-7-4(5)6;1-3-5-4-2;1-3-4(5)6-2;1-4-2-3-4;1-4(2)3;1-4-3(5)6-2;1-6-2-3(4)5;1-3-4-2;1-3(2)4;1-3-4-2;3*1-3-2/h4-5H2,1-3H3;6H,2-5H2,1H3;2-3H2,1H3;3H,4H2,1-2H3;3H2,1-2H3;4H,2-3H2,1H3;4H,1-3H3;1-2H3,(H,4,5);2H2,1H3,(H,4,5);3H2,1-2H3;1-2H3;3H2,1-2H3;3*1-2H3. The summed E-state index contributed by atoms with van der Waals surface area (Å²) in [5, 5.41) is 10.1. The number of ether oxygens (including phenoxy) is 7. The van der Waals surface area contributed by atoms with Crippen LogP contribution in [0.1, 0.15) is 136 Å². The van der Waals surface area contributed by atoms with Gasteiger partial charge < -0.3 is 58.2 Å². The molecule has 3 aliphatic rings. The molecule has 3 amide bonds. The van der Waals surface area contributed by atoms with E-state index >= 15 is 0 Å². The molecule has 18 nitrogen and oxygen atoms in total. The monoisotopic (exact) mass is 1130 g/mol. The Morgan fingerprint density at radius 3 is 1.19 bits per heavy atom. The number of carboxylic acids is 1. The second-order valence-corrected chi connectivity index (χ2v) is 18.3. The Morgan fingerprint density at radius 1 is 0.784 bits per heavy atom. The van der Waals surface area contributed by atoms with Gasteiger partial charge in [-0.1, -0.05) is 61.3 Å². The molecule has 3 fully saturated rings. The lowest BCUT2D eigenvalue weighted by molar-refractivity contribution is -0.140. The highest BCUT2D eigenvalue weighted by molar-refractivity contribution is 7.99. The SMILES string of the molecule is CC(C)=O.CC(C)C.CC1CC1.CC1CCOCC1.CC=NCC.CCC(=O)OC.CCN(CC)C(C)=O.CCOC.CCSC.CN1CCOC1=O.CNC(=O)OC.COC.COC.CSC.CSCC(=O)O. The van der Waals surface area contributed by atoms with Crippen LogP contribution < -0.4 is 5.32 Å². The molecule has 0 unspecified atom stereocenters. The van der Waals surface area contributed by atoms with Crippen LogP contribution in [0.4, 0.5) is 9.59 Å². The van der Waals surface area contributed by atoms with Crippen molar-refractivity contribution in [3.8, 4) is 0 Å². The third-order valence-corrected chi connectivity index (χ3v) is 7.78. The number of thioether (sulfide) groups is 3. The molecule has 1 aliphatic carbocycles. The number of nitrogens with one attached hydrogen (secondary N) is 1. The van der Waals surface area contributed by atoms with Crippen molar-refractivity contribution in [3.05, 3.63) is 0 Å². The van der Waals surface area contributed by atoms with Gasteiger partial charge in [-0.15, -0.1) is 0 Å². The van der Waals surface area contributed by atoms with Crippen LogP contribution in [0.25, 0.3) is 0 Å². The first-order valence-corrected chi connectivity index (χ1v) is 29.4. The van der Waals surface area contributed by atoms with E-state index in [0.717, 1.165) is 63.8 Å². The lowest BCUT2D eigenvalue weighted by Crippen LogP contribution is -2.27. The predicted octanol–water partition coefficient (Wildman–Crippen LogP) is 11.6. The van der Waals surface area contributed by atoms with Gasteiger partial charge in [0.05, 0.1) is 26.5 Å². The molecule has 2 N–H and O–H groups in total. The van der Waals surface area contributed by atoms with Crippen molar-refractivity contribution in [1.82, 2.24) is 15.1 Å². The highest BCUT2D eigenvalue weighted by Crippen LogP contribution is 2.26. The molecule has 454 valence electrons. The van der Waals surface area contributed by atoms with Crippen molar-refractivity contribution in [1.29, 1.82) is 0 Å². The number of hydrogen-bond acceptors (Lipinski definition) is 17. The molecule has 21 heteroatoms. The minimum atomic E-state index is -0.748. The quantitative estimate of drug-likeness (QED) is 0.131. The number of amides is 3. The summed E-state index contributed by atoms with van der Waals surface area (Å²) in [5.74, 6) is 3.70. The van der Waals surface area contributed by atoms with Crippen molar-refractivity contribution < 1.29 is 67.0 Å². The summed E-state index contributed by atoms with van der Waals surface area (Å²) in [6.07, 6.45) is 15.1. The lowest BCUT2D eigenvalue weighted by atomic mass is 10.0. The van der Waals surface area contributed by atoms with Crippen molar-refractivity contribution >= 4 is 77.3 Å². The molecular formula is C53H120N4O14S3. The molecule has 2 heterocycles. The first-order valence-electron chi connectivity index (χ1n) is 25.0. The van der Waals surface area contributed by atoms with E-state index in [1.807, 2.05) is 58.9 Å². The van der Waals surface area contributed by atoms with Gasteiger partial charge in [0.1, 0.15) is 12.4 Å². The average molecular weight is 1130 g/mol. The fourth-order valence-electron chi connectivity index (χ4n) is 2.67. The maximum Gasteiger partial charge on any atom is 0.409 e. The summed E-state index contributed by atoms with van der Waals surface area (Å²) in [4.78, 5) is 66.8. The number of rotatable bonds is 8. The highest BCUT2D eigenvalue weighted by atomic mass is 32.2. The zero-order valence-corrected chi connectivity index (χ0v) is 55.2. The molecule has 0 bridgehead atoms. The Labute approximate surface area is 469 Å². The van der Waals surface area contributed by atoms with Crippen LogP contribution in [0.5, 0.6) is 0 Å². The molecule has 1 saturated carbocycles. The summed E-state index contributed by atoms with van der Waals surface area (Å²) < 4.78 is 31.1. The number of Topliss-reactive ketones (excluding diaryl/α,β-unsaturated/α-hetero) is 1. The minimum Gasteiger partial charge on any atom is -0.481 e. The molecule has 2 aliphatic heterocycles. The molecule has 2 saturated heterocycles. The third-order valence-electron chi connectivity index (χ3n) is 6.66. The Morgan fingerprint density at radius 2 is 1.15 bits per heavy atom. The average Bonchev–Trinajstić information content (AvgIpc) is 4.05. The van der Waals surface area contributed by atoms with Crippen LogP contribution in [0.3, 0.4) is 0 Å². The number of likely N-dealkylation sites (N-methyl/N-ethyl adjacent to an activating group) is 1. The number of hydrogen-bond donors (Lipinski definition) is 2. The van der Waals surface area contributed by atoms with E-state index in [2.05, 4.69) is 86.5 Å². The van der Waals surface area contributed by atoms with Crippen molar-refractivity contribution in [2.45, 2.75) is 136 Å². The summed E-state index contributed by atoms with van der Waals surface area (Å²) >= 11 is 4.92. The van der Waals surface area contributed by atoms with E-state index in [-0.39, 0.29) is 29.5 Å². The molecule has 74 heavy (non-hydrogen) atoms. The number of alkyl carbamates (subject to hydrolysis) is 1. The van der Waals surface area contributed by atoms with Gasteiger partial charge in [-0.25, -0.2) is 9.59 Å². The van der Waals surface area contributed by atoms with E-state index in [1.54, 1.807) is 90.5 Å². The molecule has 0 aromatic rings. The fourth-order valence-corrected chi connectivity index (χ4v) is 2.92. The first-order chi connectivity index (χ1) is 34.6. The predicted molar refractivity (Wildman–Crippen MR) is 323 cm³/mol. The number of carbonyl (C=O) groups is 6. The number of aliphatic carboxylic acids is 1. The van der Waals surface area contributed by atoms with E-state index < -0.39 is 12.1 Å². The summed E-state index contributed by atoms with van der Waals surface area (Å²) in [6, 6.07) is 0. The largest absolute Gasteiger partial charge is 0.481 e. The van der Waals surface area contributed by atoms with Crippen LogP contribution in [-0.4, -0.2) is 210 Å². The summed E-state index contributed by atoms with van der Waals surface area (Å²) in [6.45, 7) is 36.1. The van der Waals surface area contributed by atoms with E-state index in [9.17, 15) is 28.8 Å². The second kappa shape index (κ2) is 99.2. The van der Waals surface area contributed by atoms with E-state index in [0.29, 0.717) is 13.0 Å². The number of methoxy groups -OCH3 is 5. The molecular weight excluding hydrogens is 1010 g/mol. The minimum absolute atomic E-state index is 0.157. The van der Waals surface area contributed by atoms with Crippen molar-refractivity contribution in [3.63, 3.8) is 0 Å². The van der Waals surface area contributed by atoms with Crippen molar-refractivity contribution in [2.75, 3.05) is 153 Å². The molecule has 3 rings (SSSR count). The van der Waals surface area contributed by atoms with Crippen LogP contribution in [0.15, 0.2) is 4.99 Å². The molecule has 0 spiro atoms. The number of carboxylic acid groups (broad SMARTS) is 1. The van der Waals surface area contributed by atoms with Gasteiger partial charge in [0.2, 0.25) is 5.91 Å². The van der Waals surface area contributed by atoms with Gasteiger partial charge in [0.25, 0.3) is 0 Å². The Balaban J connectivity index is -0.0000000562. The number of cyclic esters (lactones) is 1. The fraction of sp³-hybridized carbons (Fsp3) is 0.868. The topological polar surface area (TPSA) is 218 Å². The zero-order chi connectivity index (χ0) is 61.1. The molecule has 0 aromatic heterocycles. The number of aliphatic imine (C=N–C) groups is 1. The normalized spacial score (nSPS) is 11.6. The van der Waals surface area contributed by atoms with Crippen LogP contribution in [-0.2, 0) is 52.3 Å². The molecule has 0 aromatic carbocycles. The van der Waals surface area contributed by atoms with Gasteiger partial charge in [-0.3, -0.25) is 19.4 Å². The van der Waals surface area contributed by atoms with E-state index in [4.69, 9.17) is 9.84 Å². The van der Waals surface area contributed by atoms with Gasteiger partial charge in [-0.05, 0) is 116 Å². The van der Waals surface area contributed by atoms with Crippen molar-refractivity contribution in [2.24, 2.45) is 22.7 Å². The number of ketones is 1. The van der Waals surface area contributed by atoms with Gasteiger partial charge in [0, 0.05) is 102 Å². The van der Waals surface area contributed by atoms with E-state index in [1.165, 1.54) is 78.3 Å². The summed E-state index contributed by atoms with van der Waals surface area (Å²) in [7, 11) is 14.1. The zero-order valence-electron chi connectivity index (χ0n) is 52.7. The Bertz CT molecular complexity index is 1040. The molecule has 0 atom stereocenters. The maximum absolute atomic E-state index is 10.5. The Hall–Kier alpha value is -2.82. The first kappa shape index (κ1) is 100. The summed E-state index contributed by atoms with van der Waals surface area (Å²) in [5.41, 5.74) is 0. The Kier molecular flexibility index (Phi) is 134. The maximum atomic E-state index is 10.5. The van der Waals surface area contributed by atoms with Gasteiger partial charge in [-0.2, -0.15) is 35.3 Å². The van der Waals surface area contributed by atoms with Crippen LogP contribution in [0, 0.1) is 17.8 Å². The molecule has 0 radical (unpaired) electrons.